The summed E-state index contributed by atoms with van der Waals surface area (Å²) in [5.41, 5.74) is 1.64. The fourth-order valence-electron chi connectivity index (χ4n) is 1.92. The Hall–Kier alpha value is -2.21. The van der Waals surface area contributed by atoms with E-state index in [-0.39, 0.29) is 5.91 Å². The number of aromatic nitrogens is 3. The molecule has 3 rings (SSSR count). The highest BCUT2D eigenvalue weighted by Gasteiger charge is 2.10. The zero-order chi connectivity index (χ0) is 13.4. The van der Waals surface area contributed by atoms with Crippen LogP contribution in [0.25, 0.3) is 10.9 Å². The van der Waals surface area contributed by atoms with Crippen molar-refractivity contribution in [3.63, 3.8) is 0 Å². The monoisotopic (exact) mass is 272 g/mol. The summed E-state index contributed by atoms with van der Waals surface area (Å²) in [7, 11) is 1.96. The van der Waals surface area contributed by atoms with Crippen molar-refractivity contribution >= 4 is 33.3 Å². The molecule has 0 unspecified atom stereocenters. The molecule has 2 heterocycles. The van der Waals surface area contributed by atoms with Crippen molar-refractivity contribution in [1.29, 1.82) is 0 Å². The Morgan fingerprint density at radius 1 is 1.32 bits per heavy atom. The van der Waals surface area contributed by atoms with Crippen LogP contribution in [0.1, 0.15) is 15.4 Å². The molecule has 1 amide bonds. The number of hydrogen-bond acceptors (Lipinski definition) is 4. The summed E-state index contributed by atoms with van der Waals surface area (Å²) in [5.74, 6) is -0.167. The van der Waals surface area contributed by atoms with E-state index in [4.69, 9.17) is 0 Å². The van der Waals surface area contributed by atoms with Crippen molar-refractivity contribution in [2.24, 2.45) is 7.05 Å². The lowest BCUT2D eigenvalue weighted by atomic mass is 10.1. The van der Waals surface area contributed by atoms with E-state index in [1.165, 1.54) is 11.3 Å². The number of nitrogens with zero attached hydrogens (tertiary/aromatic N) is 3. The molecule has 0 aliphatic heterocycles. The van der Waals surface area contributed by atoms with Gasteiger partial charge in [-0.05, 0) is 30.5 Å². The van der Waals surface area contributed by atoms with Gasteiger partial charge >= 0.3 is 0 Å². The maximum Gasteiger partial charge on any atom is 0.257 e. The zero-order valence-corrected chi connectivity index (χ0v) is 11.4. The minimum atomic E-state index is -0.167. The van der Waals surface area contributed by atoms with Crippen molar-refractivity contribution < 1.29 is 4.79 Å². The number of anilines is 1. The topological polar surface area (TPSA) is 59.8 Å². The van der Waals surface area contributed by atoms with E-state index in [0.717, 1.165) is 15.9 Å². The van der Waals surface area contributed by atoms with Crippen LogP contribution < -0.4 is 5.32 Å². The van der Waals surface area contributed by atoms with Crippen molar-refractivity contribution in [3.8, 4) is 0 Å². The smallest absolute Gasteiger partial charge is 0.257 e. The minimum absolute atomic E-state index is 0.167. The summed E-state index contributed by atoms with van der Waals surface area (Å²) in [6, 6.07) is 7.64. The molecule has 5 nitrogen and oxygen atoms in total. The molecule has 0 saturated heterocycles. The highest BCUT2D eigenvalue weighted by Crippen LogP contribution is 2.19. The minimum Gasteiger partial charge on any atom is -0.351 e. The first-order chi connectivity index (χ1) is 9.13. The summed E-state index contributed by atoms with van der Waals surface area (Å²) in [5, 5.41) is 13.0. The Balaban J connectivity index is 1.90. The predicted molar refractivity (Wildman–Crippen MR) is 75.5 cm³/mol. The Morgan fingerprint density at radius 3 is 2.89 bits per heavy atom. The van der Waals surface area contributed by atoms with Crippen molar-refractivity contribution in [2.45, 2.75) is 6.92 Å². The Labute approximate surface area is 113 Å². The molecule has 1 N–H and O–H groups in total. The molecule has 0 spiro atoms. The van der Waals surface area contributed by atoms with E-state index in [9.17, 15) is 4.79 Å². The normalized spacial score (nSPS) is 10.8. The average molecular weight is 272 g/mol. The number of fused-ring (bicyclic) bond motifs is 1. The van der Waals surface area contributed by atoms with E-state index in [1.807, 2.05) is 49.0 Å². The third-order valence-corrected chi connectivity index (χ3v) is 3.65. The molecule has 6 heteroatoms. The first-order valence-electron chi connectivity index (χ1n) is 5.80. The van der Waals surface area contributed by atoms with Gasteiger partial charge < -0.3 is 4.57 Å². The van der Waals surface area contributed by atoms with Crippen LogP contribution in [0.3, 0.4) is 0 Å². The lowest BCUT2D eigenvalue weighted by Crippen LogP contribution is -2.11. The van der Waals surface area contributed by atoms with Crippen LogP contribution in [0, 0.1) is 6.92 Å². The average Bonchev–Trinajstić information content (AvgIpc) is 2.96. The molecule has 0 aliphatic carbocycles. The van der Waals surface area contributed by atoms with Crippen LogP contribution in [-0.4, -0.2) is 20.7 Å². The Bertz CT molecular complexity index is 759. The van der Waals surface area contributed by atoms with Crippen molar-refractivity contribution in [3.05, 3.63) is 41.0 Å². The van der Waals surface area contributed by atoms with Crippen LogP contribution in [0.5, 0.6) is 0 Å². The van der Waals surface area contributed by atoms with Crippen LogP contribution in [0.2, 0.25) is 0 Å². The second kappa shape index (κ2) is 4.47. The van der Waals surface area contributed by atoms with Crippen molar-refractivity contribution in [2.75, 3.05) is 5.32 Å². The van der Waals surface area contributed by atoms with Gasteiger partial charge in [0.25, 0.3) is 5.91 Å². The fourth-order valence-corrected chi connectivity index (χ4v) is 2.51. The second-order valence-electron chi connectivity index (χ2n) is 4.28. The number of carbonyl (C=O) groups is 1. The standard InChI is InChI=1S/C13H12N4OS/c1-8-15-16-13(19-8)14-12(18)10-4-3-9-5-6-17(2)11(9)7-10/h3-7H,1-2H3,(H,14,16,18). The maximum absolute atomic E-state index is 12.1. The summed E-state index contributed by atoms with van der Waals surface area (Å²) in [4.78, 5) is 12.1. The first-order valence-corrected chi connectivity index (χ1v) is 6.62. The van der Waals surface area contributed by atoms with Gasteiger partial charge in [0.15, 0.2) is 0 Å². The van der Waals surface area contributed by atoms with Crippen LogP contribution >= 0.6 is 11.3 Å². The molecule has 1 aromatic carbocycles. The van der Waals surface area contributed by atoms with E-state index in [0.29, 0.717) is 10.7 Å². The fraction of sp³-hybridized carbons (Fsp3) is 0.154. The molecule has 0 atom stereocenters. The van der Waals surface area contributed by atoms with Gasteiger partial charge in [-0.2, -0.15) is 0 Å². The third kappa shape index (κ3) is 2.22. The lowest BCUT2D eigenvalue weighted by molar-refractivity contribution is 0.102. The van der Waals surface area contributed by atoms with Crippen LogP contribution in [0.15, 0.2) is 30.5 Å². The van der Waals surface area contributed by atoms with Gasteiger partial charge in [-0.25, -0.2) is 0 Å². The number of aryl methyl sites for hydroxylation is 2. The van der Waals surface area contributed by atoms with E-state index >= 15 is 0 Å². The highest BCUT2D eigenvalue weighted by atomic mass is 32.1. The highest BCUT2D eigenvalue weighted by molar-refractivity contribution is 7.15. The number of benzene rings is 1. The van der Waals surface area contributed by atoms with Gasteiger partial charge in [0.1, 0.15) is 5.01 Å². The third-order valence-electron chi connectivity index (χ3n) is 2.90. The lowest BCUT2D eigenvalue weighted by Gasteiger charge is -2.02. The summed E-state index contributed by atoms with van der Waals surface area (Å²) < 4.78 is 1.99. The largest absolute Gasteiger partial charge is 0.351 e. The van der Waals surface area contributed by atoms with Gasteiger partial charge in [0.05, 0.1) is 0 Å². The van der Waals surface area contributed by atoms with Gasteiger partial charge in [0.2, 0.25) is 5.13 Å². The summed E-state index contributed by atoms with van der Waals surface area (Å²) in [6.07, 6.45) is 1.97. The molecule has 0 saturated carbocycles. The predicted octanol–water partition coefficient (Wildman–Crippen LogP) is 2.59. The molecule has 0 bridgehead atoms. The van der Waals surface area contributed by atoms with Gasteiger partial charge in [0, 0.05) is 24.3 Å². The molecular weight excluding hydrogens is 260 g/mol. The Kier molecular flexibility index (Phi) is 2.79. The summed E-state index contributed by atoms with van der Waals surface area (Å²) in [6.45, 7) is 1.85. The SMILES string of the molecule is Cc1nnc(NC(=O)c2ccc3ccn(C)c3c2)s1. The molecule has 0 radical (unpaired) electrons. The van der Waals surface area contributed by atoms with Gasteiger partial charge in [-0.1, -0.05) is 17.4 Å². The van der Waals surface area contributed by atoms with Crippen LogP contribution in [0.4, 0.5) is 5.13 Å². The number of rotatable bonds is 2. The molecule has 19 heavy (non-hydrogen) atoms. The zero-order valence-electron chi connectivity index (χ0n) is 10.5. The molecule has 3 aromatic rings. The number of carbonyl (C=O) groups excluding carboxylic acids is 1. The van der Waals surface area contributed by atoms with E-state index < -0.39 is 0 Å². The van der Waals surface area contributed by atoms with Crippen LogP contribution in [-0.2, 0) is 7.05 Å². The molecule has 0 fully saturated rings. The molecule has 96 valence electrons. The quantitative estimate of drug-likeness (QED) is 0.780. The summed E-state index contributed by atoms with van der Waals surface area (Å²) >= 11 is 1.36. The van der Waals surface area contributed by atoms with Gasteiger partial charge in [-0.15, -0.1) is 10.2 Å². The number of hydrogen-bond donors (Lipinski definition) is 1. The van der Waals surface area contributed by atoms with Gasteiger partial charge in [-0.3, -0.25) is 10.1 Å². The number of amides is 1. The Morgan fingerprint density at radius 2 is 2.16 bits per heavy atom. The molecule has 2 aromatic heterocycles. The molecule has 0 aliphatic rings. The van der Waals surface area contributed by atoms with E-state index in [2.05, 4.69) is 15.5 Å². The molecular formula is C13H12N4OS. The second-order valence-corrected chi connectivity index (χ2v) is 5.46. The first kappa shape index (κ1) is 11.9. The maximum atomic E-state index is 12.1. The van der Waals surface area contributed by atoms with Crippen molar-refractivity contribution in [1.82, 2.24) is 14.8 Å². The van der Waals surface area contributed by atoms with E-state index in [1.54, 1.807) is 0 Å². The number of nitrogens with one attached hydrogen (secondary N) is 1.